The lowest BCUT2D eigenvalue weighted by molar-refractivity contribution is -0.385. The second-order valence-corrected chi connectivity index (χ2v) is 3.84. The zero-order valence-electron chi connectivity index (χ0n) is 11.4. The first kappa shape index (κ1) is 16.2. The predicted molar refractivity (Wildman–Crippen MR) is 79.0 cm³/mol. The van der Waals surface area contributed by atoms with Crippen LogP contribution in [0.1, 0.15) is 5.56 Å². The van der Waals surface area contributed by atoms with Crippen LogP contribution < -0.4 is 4.74 Å². The number of hydrogen-bond acceptors (Lipinski definition) is 5. The van der Waals surface area contributed by atoms with Crippen molar-refractivity contribution in [2.75, 3.05) is 13.2 Å². The van der Waals surface area contributed by atoms with Crippen LogP contribution in [0.3, 0.4) is 0 Å². The number of carbonyl (C=O) groups is 1. The highest BCUT2D eigenvalue weighted by Gasteiger charge is 2.15. The van der Waals surface area contributed by atoms with Crippen molar-refractivity contribution in [3.05, 3.63) is 65.3 Å². The van der Waals surface area contributed by atoms with Gasteiger partial charge in [-0.05, 0) is 17.7 Å². The average Bonchev–Trinajstić information content (AvgIpc) is 2.48. The van der Waals surface area contributed by atoms with Crippen molar-refractivity contribution in [1.29, 1.82) is 0 Å². The van der Waals surface area contributed by atoms with Crippen molar-refractivity contribution < 1.29 is 19.2 Å². The number of esters is 1. The minimum Gasteiger partial charge on any atom is -0.483 e. The zero-order valence-corrected chi connectivity index (χ0v) is 11.4. The van der Waals surface area contributed by atoms with Crippen LogP contribution in [0.2, 0.25) is 0 Å². The quantitative estimate of drug-likeness (QED) is 0.242. The molecule has 0 saturated heterocycles. The van der Waals surface area contributed by atoms with E-state index in [9.17, 15) is 14.9 Å². The van der Waals surface area contributed by atoms with Gasteiger partial charge in [-0.2, -0.15) is 0 Å². The number of nitro groups is 1. The van der Waals surface area contributed by atoms with Crippen LogP contribution in [0.4, 0.5) is 5.69 Å². The maximum atomic E-state index is 11.3. The van der Waals surface area contributed by atoms with E-state index in [1.165, 1.54) is 36.4 Å². The van der Waals surface area contributed by atoms with E-state index in [-0.39, 0.29) is 24.7 Å². The second-order valence-electron chi connectivity index (χ2n) is 3.84. The van der Waals surface area contributed by atoms with Gasteiger partial charge in [-0.15, -0.1) is 0 Å². The van der Waals surface area contributed by atoms with Crippen molar-refractivity contribution in [1.82, 2.24) is 0 Å². The summed E-state index contributed by atoms with van der Waals surface area (Å²) in [5.74, 6) is -0.407. The molecule has 0 saturated carbocycles. The molecule has 1 aromatic rings. The molecule has 0 aliphatic rings. The number of rotatable bonds is 8. The third kappa shape index (κ3) is 5.32. The number of benzene rings is 1. The van der Waals surface area contributed by atoms with Crippen LogP contribution >= 0.6 is 0 Å². The fourth-order valence-electron chi connectivity index (χ4n) is 1.40. The topological polar surface area (TPSA) is 78.7 Å². The smallest absolute Gasteiger partial charge is 0.331 e. The molecule has 0 heterocycles. The molecule has 1 rings (SSSR count). The molecule has 0 radical (unpaired) electrons. The van der Waals surface area contributed by atoms with E-state index in [1.54, 1.807) is 6.07 Å². The molecule has 0 aliphatic carbocycles. The zero-order chi connectivity index (χ0) is 15.7. The summed E-state index contributed by atoms with van der Waals surface area (Å²) in [5.41, 5.74) is 0.307. The Bertz CT molecular complexity index is 577. The third-order valence-electron chi connectivity index (χ3n) is 2.29. The van der Waals surface area contributed by atoms with Gasteiger partial charge in [-0.25, -0.2) is 4.79 Å². The molecule has 6 nitrogen and oxygen atoms in total. The van der Waals surface area contributed by atoms with Crippen LogP contribution in [0.25, 0.3) is 6.08 Å². The maximum absolute atomic E-state index is 11.3. The van der Waals surface area contributed by atoms with E-state index in [0.29, 0.717) is 5.56 Å². The van der Waals surface area contributed by atoms with Crippen LogP contribution in [0.5, 0.6) is 5.75 Å². The van der Waals surface area contributed by atoms with Crippen LogP contribution in [0.15, 0.2) is 49.6 Å². The molecule has 0 atom stereocenters. The van der Waals surface area contributed by atoms with Gasteiger partial charge in [-0.1, -0.05) is 31.4 Å². The minimum absolute atomic E-state index is 0.109. The van der Waals surface area contributed by atoms with Crippen molar-refractivity contribution in [2.45, 2.75) is 0 Å². The van der Waals surface area contributed by atoms with Gasteiger partial charge in [0, 0.05) is 12.1 Å². The summed E-state index contributed by atoms with van der Waals surface area (Å²) in [7, 11) is 0. The summed E-state index contributed by atoms with van der Waals surface area (Å²) in [6, 6.07) is 4.38. The SMILES string of the molecule is C=CCOC(=O)C=Cc1ccc(OCC=C)c([N+](=O)[O-])c1. The Balaban J connectivity index is 2.89. The Labute approximate surface area is 122 Å². The molecular weight excluding hydrogens is 274 g/mol. The van der Waals surface area contributed by atoms with E-state index < -0.39 is 10.9 Å². The summed E-state index contributed by atoms with van der Waals surface area (Å²) in [5, 5.41) is 11.0. The Morgan fingerprint density at radius 1 is 1.29 bits per heavy atom. The molecule has 0 spiro atoms. The van der Waals surface area contributed by atoms with E-state index >= 15 is 0 Å². The number of ether oxygens (including phenoxy) is 2. The highest BCUT2D eigenvalue weighted by Crippen LogP contribution is 2.28. The van der Waals surface area contributed by atoms with Crippen LogP contribution in [-0.4, -0.2) is 24.1 Å². The first-order valence-corrected chi connectivity index (χ1v) is 6.06. The molecule has 0 amide bonds. The van der Waals surface area contributed by atoms with Crippen molar-refractivity contribution >= 4 is 17.7 Å². The Morgan fingerprint density at radius 2 is 2.00 bits per heavy atom. The van der Waals surface area contributed by atoms with Gasteiger partial charge in [0.05, 0.1) is 4.92 Å². The highest BCUT2D eigenvalue weighted by atomic mass is 16.6. The standard InChI is InChI=1S/C15H15NO5/c1-3-9-20-14-7-5-12(11-13(14)16(18)19)6-8-15(17)21-10-4-2/h3-8,11H,1-2,9-10H2. The average molecular weight is 289 g/mol. The molecule has 0 unspecified atom stereocenters. The number of hydrogen-bond donors (Lipinski definition) is 0. The molecule has 6 heteroatoms. The number of nitrogens with zero attached hydrogens (tertiary/aromatic N) is 1. The molecule has 0 bridgehead atoms. The minimum atomic E-state index is -0.551. The molecule has 0 fully saturated rings. The van der Waals surface area contributed by atoms with Gasteiger partial charge >= 0.3 is 11.7 Å². The molecule has 0 aromatic heterocycles. The van der Waals surface area contributed by atoms with Crippen molar-refractivity contribution in [3.8, 4) is 5.75 Å². The molecule has 110 valence electrons. The van der Waals surface area contributed by atoms with Gasteiger partial charge in [0.1, 0.15) is 13.2 Å². The van der Waals surface area contributed by atoms with Crippen LogP contribution in [0, 0.1) is 10.1 Å². The largest absolute Gasteiger partial charge is 0.483 e. The van der Waals surface area contributed by atoms with Crippen molar-refractivity contribution in [3.63, 3.8) is 0 Å². The summed E-state index contributed by atoms with van der Waals surface area (Å²) < 4.78 is 9.95. The maximum Gasteiger partial charge on any atom is 0.331 e. The fraction of sp³-hybridized carbons (Fsp3) is 0.133. The second kappa shape index (κ2) is 8.31. The van der Waals surface area contributed by atoms with E-state index in [2.05, 4.69) is 13.2 Å². The van der Waals surface area contributed by atoms with E-state index in [0.717, 1.165) is 0 Å². The van der Waals surface area contributed by atoms with Crippen LogP contribution in [-0.2, 0) is 9.53 Å². The molecular formula is C15H15NO5. The highest BCUT2D eigenvalue weighted by molar-refractivity contribution is 5.87. The number of carbonyl (C=O) groups excluding carboxylic acids is 1. The molecule has 0 aliphatic heterocycles. The lowest BCUT2D eigenvalue weighted by atomic mass is 10.1. The predicted octanol–water partition coefficient (Wildman–Crippen LogP) is 2.90. The van der Waals surface area contributed by atoms with E-state index in [4.69, 9.17) is 9.47 Å². The Kier molecular flexibility index (Phi) is 6.40. The van der Waals surface area contributed by atoms with Crippen molar-refractivity contribution in [2.24, 2.45) is 0 Å². The Morgan fingerprint density at radius 3 is 2.62 bits per heavy atom. The van der Waals surface area contributed by atoms with E-state index in [1.807, 2.05) is 0 Å². The van der Waals surface area contributed by atoms with Gasteiger partial charge in [0.2, 0.25) is 0 Å². The van der Waals surface area contributed by atoms with Gasteiger partial charge in [0.25, 0.3) is 0 Å². The first-order valence-electron chi connectivity index (χ1n) is 6.06. The molecule has 21 heavy (non-hydrogen) atoms. The van der Waals surface area contributed by atoms with Gasteiger partial charge in [-0.3, -0.25) is 10.1 Å². The summed E-state index contributed by atoms with van der Waals surface area (Å²) in [4.78, 5) is 21.7. The summed E-state index contributed by atoms with van der Waals surface area (Å²) in [6.07, 6.45) is 5.55. The fourth-order valence-corrected chi connectivity index (χ4v) is 1.40. The Hall–Kier alpha value is -2.89. The number of nitro benzene ring substituents is 1. The monoisotopic (exact) mass is 289 g/mol. The normalized spacial score (nSPS) is 10.1. The van der Waals surface area contributed by atoms with Gasteiger partial charge in [0.15, 0.2) is 5.75 Å². The molecule has 1 aromatic carbocycles. The summed E-state index contributed by atoms with van der Waals surface area (Å²) >= 11 is 0. The lowest BCUT2D eigenvalue weighted by Crippen LogP contribution is -2.00. The first-order chi connectivity index (χ1) is 10.1. The van der Waals surface area contributed by atoms with Gasteiger partial charge < -0.3 is 9.47 Å². The molecule has 0 N–H and O–H groups in total. The lowest BCUT2D eigenvalue weighted by Gasteiger charge is -2.04. The summed E-state index contributed by atoms with van der Waals surface area (Å²) in [6.45, 7) is 7.17. The third-order valence-corrected chi connectivity index (χ3v) is 2.29.